The van der Waals surface area contributed by atoms with Crippen molar-refractivity contribution >= 4 is 17.4 Å². The minimum absolute atomic E-state index is 0.124. The molecule has 1 aromatic heterocycles. The third kappa shape index (κ3) is 4.46. The lowest BCUT2D eigenvalue weighted by Crippen LogP contribution is -2.39. The number of nitrogens with one attached hydrogen (secondary N) is 1. The lowest BCUT2D eigenvalue weighted by molar-refractivity contribution is 0.162. The first-order valence-corrected chi connectivity index (χ1v) is 5.82. The van der Waals surface area contributed by atoms with E-state index in [0.717, 1.165) is 5.56 Å². The third-order valence-corrected chi connectivity index (χ3v) is 2.60. The van der Waals surface area contributed by atoms with Gasteiger partial charge in [-0.1, -0.05) is 6.58 Å². The van der Waals surface area contributed by atoms with E-state index in [1.807, 2.05) is 16.8 Å². The van der Waals surface area contributed by atoms with Crippen LogP contribution in [0.2, 0.25) is 0 Å². The Kier molecular flexibility index (Phi) is 5.01. The first-order valence-electron chi connectivity index (χ1n) is 4.87. The molecule has 0 aliphatic heterocycles. The standard InChI is InChI=1S/C11H15NO3S/c1-8(2)15-11(14)12-10(6-13)5-9-3-4-16-7-9/h3-4,7,10,13H,1,5-6H2,2H3,(H,12,14)/t10-/m0/s1. The summed E-state index contributed by atoms with van der Waals surface area (Å²) in [5.74, 6) is 0.324. The number of hydrogen-bond donors (Lipinski definition) is 2. The van der Waals surface area contributed by atoms with Crippen molar-refractivity contribution in [2.75, 3.05) is 6.61 Å². The Morgan fingerprint density at radius 1 is 1.75 bits per heavy atom. The lowest BCUT2D eigenvalue weighted by atomic mass is 10.1. The van der Waals surface area contributed by atoms with E-state index in [1.54, 1.807) is 18.3 Å². The van der Waals surface area contributed by atoms with Gasteiger partial charge in [0.15, 0.2) is 0 Å². The Hall–Kier alpha value is -1.33. The summed E-state index contributed by atoms with van der Waals surface area (Å²) in [6.07, 6.45) is 0.00690. The van der Waals surface area contributed by atoms with Crippen molar-refractivity contribution in [2.24, 2.45) is 0 Å². The summed E-state index contributed by atoms with van der Waals surface area (Å²) in [7, 11) is 0. The molecule has 16 heavy (non-hydrogen) atoms. The zero-order valence-electron chi connectivity index (χ0n) is 9.10. The van der Waals surface area contributed by atoms with Crippen LogP contribution in [-0.2, 0) is 11.2 Å². The van der Waals surface area contributed by atoms with E-state index >= 15 is 0 Å². The predicted molar refractivity (Wildman–Crippen MR) is 63.3 cm³/mol. The summed E-state index contributed by atoms with van der Waals surface area (Å²) in [4.78, 5) is 11.2. The van der Waals surface area contributed by atoms with Gasteiger partial charge in [0.2, 0.25) is 0 Å². The molecule has 0 radical (unpaired) electrons. The molecule has 1 rings (SSSR count). The first-order chi connectivity index (χ1) is 7.61. The van der Waals surface area contributed by atoms with E-state index in [4.69, 9.17) is 9.84 Å². The van der Waals surface area contributed by atoms with Gasteiger partial charge in [0.05, 0.1) is 18.4 Å². The largest absolute Gasteiger partial charge is 0.416 e. The number of allylic oxidation sites excluding steroid dienone is 1. The Morgan fingerprint density at radius 3 is 3.00 bits per heavy atom. The second-order valence-electron chi connectivity index (χ2n) is 3.45. The molecular formula is C11H15NO3S. The Balaban J connectivity index is 2.43. The average Bonchev–Trinajstić information content (AvgIpc) is 2.68. The fraction of sp³-hybridized carbons (Fsp3) is 0.364. The van der Waals surface area contributed by atoms with Crippen molar-refractivity contribution in [3.63, 3.8) is 0 Å². The van der Waals surface area contributed by atoms with Crippen molar-refractivity contribution in [3.05, 3.63) is 34.7 Å². The molecule has 0 aliphatic rings. The van der Waals surface area contributed by atoms with E-state index in [-0.39, 0.29) is 12.6 Å². The number of ether oxygens (including phenoxy) is 1. The maximum atomic E-state index is 11.2. The number of aliphatic hydroxyl groups excluding tert-OH is 1. The minimum atomic E-state index is -0.582. The van der Waals surface area contributed by atoms with Gasteiger partial charge in [-0.15, -0.1) is 0 Å². The molecule has 0 bridgehead atoms. The van der Waals surface area contributed by atoms with Gasteiger partial charge in [0.25, 0.3) is 0 Å². The topological polar surface area (TPSA) is 58.6 Å². The highest BCUT2D eigenvalue weighted by Gasteiger charge is 2.13. The number of carbonyl (C=O) groups excluding carboxylic acids is 1. The van der Waals surface area contributed by atoms with Gasteiger partial charge < -0.3 is 15.2 Å². The van der Waals surface area contributed by atoms with Crippen LogP contribution in [0.4, 0.5) is 4.79 Å². The van der Waals surface area contributed by atoms with Gasteiger partial charge in [-0.3, -0.25) is 0 Å². The molecule has 0 saturated carbocycles. The number of carbonyl (C=O) groups is 1. The molecule has 1 amide bonds. The van der Waals surface area contributed by atoms with Crippen LogP contribution in [0, 0.1) is 0 Å². The molecule has 0 spiro atoms. The number of aliphatic hydroxyl groups is 1. The monoisotopic (exact) mass is 241 g/mol. The average molecular weight is 241 g/mol. The second kappa shape index (κ2) is 6.30. The van der Waals surface area contributed by atoms with Crippen LogP contribution in [0.15, 0.2) is 29.2 Å². The van der Waals surface area contributed by atoms with Gasteiger partial charge in [-0.25, -0.2) is 4.79 Å². The van der Waals surface area contributed by atoms with E-state index in [2.05, 4.69) is 11.9 Å². The molecule has 0 aromatic carbocycles. The lowest BCUT2D eigenvalue weighted by Gasteiger charge is -2.15. The van der Waals surface area contributed by atoms with Gasteiger partial charge >= 0.3 is 6.09 Å². The molecular weight excluding hydrogens is 226 g/mol. The van der Waals surface area contributed by atoms with Crippen LogP contribution in [0.3, 0.4) is 0 Å². The molecule has 5 heteroatoms. The molecule has 0 fully saturated rings. The number of thiophene rings is 1. The highest BCUT2D eigenvalue weighted by atomic mass is 32.1. The summed E-state index contributed by atoms with van der Waals surface area (Å²) in [5.41, 5.74) is 1.08. The summed E-state index contributed by atoms with van der Waals surface area (Å²) < 4.78 is 4.75. The molecule has 0 unspecified atom stereocenters. The number of hydrogen-bond acceptors (Lipinski definition) is 4. The van der Waals surface area contributed by atoms with E-state index in [0.29, 0.717) is 12.2 Å². The van der Waals surface area contributed by atoms with E-state index in [1.165, 1.54) is 0 Å². The normalized spacial score (nSPS) is 11.9. The van der Waals surface area contributed by atoms with Crippen LogP contribution < -0.4 is 5.32 Å². The number of rotatable bonds is 5. The van der Waals surface area contributed by atoms with Crippen LogP contribution in [0.1, 0.15) is 12.5 Å². The zero-order chi connectivity index (χ0) is 12.0. The summed E-state index contributed by atoms with van der Waals surface area (Å²) in [6.45, 7) is 4.93. The van der Waals surface area contributed by atoms with Crippen molar-refractivity contribution in [1.29, 1.82) is 0 Å². The fourth-order valence-electron chi connectivity index (χ4n) is 1.21. The predicted octanol–water partition coefficient (Wildman–Crippen LogP) is 1.91. The van der Waals surface area contributed by atoms with Crippen LogP contribution >= 0.6 is 11.3 Å². The highest BCUT2D eigenvalue weighted by molar-refractivity contribution is 7.07. The van der Waals surface area contributed by atoms with Gasteiger partial charge in [-0.2, -0.15) is 11.3 Å². The molecule has 0 aliphatic carbocycles. The molecule has 1 atom stereocenters. The highest BCUT2D eigenvalue weighted by Crippen LogP contribution is 2.08. The molecule has 4 nitrogen and oxygen atoms in total. The molecule has 1 heterocycles. The van der Waals surface area contributed by atoms with Crippen molar-refractivity contribution in [3.8, 4) is 0 Å². The molecule has 88 valence electrons. The SMILES string of the molecule is C=C(C)OC(=O)N[C@H](CO)Cc1ccsc1. The van der Waals surface area contributed by atoms with Crippen molar-refractivity contribution in [1.82, 2.24) is 5.32 Å². The number of amides is 1. The fourth-order valence-corrected chi connectivity index (χ4v) is 1.89. The zero-order valence-corrected chi connectivity index (χ0v) is 9.92. The maximum Gasteiger partial charge on any atom is 0.412 e. The number of alkyl carbamates (subject to hydrolysis) is 1. The van der Waals surface area contributed by atoms with Crippen LogP contribution in [0.25, 0.3) is 0 Å². The maximum absolute atomic E-state index is 11.2. The van der Waals surface area contributed by atoms with Crippen molar-refractivity contribution in [2.45, 2.75) is 19.4 Å². The van der Waals surface area contributed by atoms with E-state index < -0.39 is 6.09 Å². The quantitative estimate of drug-likeness (QED) is 0.774. The minimum Gasteiger partial charge on any atom is -0.416 e. The third-order valence-electron chi connectivity index (χ3n) is 1.87. The van der Waals surface area contributed by atoms with Gasteiger partial charge in [-0.05, 0) is 35.7 Å². The molecule has 0 saturated heterocycles. The van der Waals surface area contributed by atoms with Crippen molar-refractivity contribution < 1.29 is 14.6 Å². The van der Waals surface area contributed by atoms with Gasteiger partial charge in [0.1, 0.15) is 0 Å². The van der Waals surface area contributed by atoms with Gasteiger partial charge in [0, 0.05) is 0 Å². The second-order valence-corrected chi connectivity index (χ2v) is 4.23. The van der Waals surface area contributed by atoms with Crippen LogP contribution in [0.5, 0.6) is 0 Å². The Bertz CT molecular complexity index is 348. The Morgan fingerprint density at radius 2 is 2.50 bits per heavy atom. The Labute approximate surface area is 98.6 Å². The first kappa shape index (κ1) is 12.7. The summed E-state index contributed by atoms with van der Waals surface area (Å²) >= 11 is 1.58. The summed E-state index contributed by atoms with van der Waals surface area (Å²) in [6, 6.07) is 1.63. The smallest absolute Gasteiger partial charge is 0.412 e. The summed E-state index contributed by atoms with van der Waals surface area (Å²) in [5, 5.41) is 15.6. The van der Waals surface area contributed by atoms with Crippen LogP contribution in [-0.4, -0.2) is 23.8 Å². The van der Waals surface area contributed by atoms with E-state index in [9.17, 15) is 4.79 Å². The molecule has 1 aromatic rings. The molecule has 2 N–H and O–H groups in total.